The summed E-state index contributed by atoms with van der Waals surface area (Å²) in [6.45, 7) is 0.774. The average molecular weight is 482 g/mol. The number of rotatable bonds is 8. The molecule has 4 rings (SSSR count). The van der Waals surface area contributed by atoms with Crippen molar-refractivity contribution in [3.8, 4) is 11.1 Å². The van der Waals surface area contributed by atoms with Crippen LogP contribution in [0.4, 0.5) is 4.79 Å². The van der Waals surface area contributed by atoms with Crippen LogP contribution in [-0.4, -0.2) is 80.0 Å². The zero-order valence-electron chi connectivity index (χ0n) is 20.0. The predicted molar refractivity (Wildman–Crippen MR) is 129 cm³/mol. The van der Waals surface area contributed by atoms with Crippen molar-refractivity contribution in [2.24, 2.45) is 0 Å². The molecule has 9 heteroatoms. The largest absolute Gasteiger partial charge is 0.480 e. The Bertz CT molecular complexity index is 1050. The molecule has 1 heterocycles. The second-order valence-corrected chi connectivity index (χ2v) is 9.27. The molecular weight excluding hydrogens is 450 g/mol. The molecule has 3 N–H and O–H groups in total. The molecule has 0 saturated carbocycles. The first kappa shape index (κ1) is 24.7. The van der Waals surface area contributed by atoms with Crippen molar-refractivity contribution in [1.29, 1.82) is 0 Å². The van der Waals surface area contributed by atoms with Crippen molar-refractivity contribution in [2.75, 3.05) is 40.5 Å². The fraction of sp³-hybridized carbons (Fsp3) is 0.423. The Kier molecular flexibility index (Phi) is 7.37. The highest BCUT2D eigenvalue weighted by Gasteiger charge is 2.43. The number of carbonyl (C=O) groups is 3. The summed E-state index contributed by atoms with van der Waals surface area (Å²) in [5, 5.41) is 14.8. The van der Waals surface area contributed by atoms with Gasteiger partial charge < -0.3 is 30.1 Å². The van der Waals surface area contributed by atoms with Gasteiger partial charge in [0.25, 0.3) is 0 Å². The molecule has 1 fully saturated rings. The minimum Gasteiger partial charge on any atom is -0.480 e. The number of likely N-dealkylation sites (N-methyl/N-ethyl adjacent to an activating group) is 1. The topological polar surface area (TPSA) is 117 Å². The number of aliphatic carboxylic acids is 1. The summed E-state index contributed by atoms with van der Waals surface area (Å²) >= 11 is 0. The molecule has 186 valence electrons. The number of nitrogens with zero attached hydrogens (tertiary/aromatic N) is 1. The SMILES string of the molecule is CN(C)C[C@H](NC(=O)C1(NC(=O)OCC2c3ccccc3-c3ccccc32)CCOCC1)C(=O)O. The molecule has 1 aliphatic heterocycles. The van der Waals surface area contributed by atoms with Gasteiger partial charge in [-0.1, -0.05) is 48.5 Å². The molecule has 35 heavy (non-hydrogen) atoms. The van der Waals surface area contributed by atoms with Gasteiger partial charge >= 0.3 is 12.1 Å². The monoisotopic (exact) mass is 481 g/mol. The maximum Gasteiger partial charge on any atom is 0.408 e. The van der Waals surface area contributed by atoms with Crippen LogP contribution in [0.25, 0.3) is 11.1 Å². The van der Waals surface area contributed by atoms with Crippen LogP contribution in [0.15, 0.2) is 48.5 Å². The third-order valence-electron chi connectivity index (χ3n) is 6.62. The van der Waals surface area contributed by atoms with Gasteiger partial charge in [0.05, 0.1) is 0 Å². The lowest BCUT2D eigenvalue weighted by Crippen LogP contribution is -2.64. The van der Waals surface area contributed by atoms with Crippen LogP contribution in [0.2, 0.25) is 0 Å². The summed E-state index contributed by atoms with van der Waals surface area (Å²) < 4.78 is 11.0. The summed E-state index contributed by atoms with van der Waals surface area (Å²) in [4.78, 5) is 39.5. The Morgan fingerprint density at radius 3 is 2.17 bits per heavy atom. The first-order valence-corrected chi connectivity index (χ1v) is 11.7. The first-order valence-electron chi connectivity index (χ1n) is 11.7. The Labute approximate surface area is 204 Å². The van der Waals surface area contributed by atoms with E-state index in [0.29, 0.717) is 0 Å². The second kappa shape index (κ2) is 10.5. The van der Waals surface area contributed by atoms with Crippen molar-refractivity contribution in [3.05, 3.63) is 59.7 Å². The van der Waals surface area contributed by atoms with Crippen LogP contribution >= 0.6 is 0 Å². The van der Waals surface area contributed by atoms with Crippen molar-refractivity contribution in [2.45, 2.75) is 30.3 Å². The van der Waals surface area contributed by atoms with Gasteiger partial charge in [-0.05, 0) is 36.3 Å². The van der Waals surface area contributed by atoms with Crippen LogP contribution in [0.3, 0.4) is 0 Å². The smallest absolute Gasteiger partial charge is 0.408 e. The fourth-order valence-electron chi connectivity index (χ4n) is 4.81. The van der Waals surface area contributed by atoms with Gasteiger partial charge in [-0.15, -0.1) is 0 Å². The molecule has 0 spiro atoms. The van der Waals surface area contributed by atoms with E-state index in [9.17, 15) is 19.5 Å². The molecule has 9 nitrogen and oxygen atoms in total. The summed E-state index contributed by atoms with van der Waals surface area (Å²) in [6.07, 6.45) is -0.280. The Balaban J connectivity index is 1.46. The van der Waals surface area contributed by atoms with Gasteiger partial charge in [0.2, 0.25) is 5.91 Å². The lowest BCUT2D eigenvalue weighted by Gasteiger charge is -2.37. The third kappa shape index (κ3) is 5.31. The van der Waals surface area contributed by atoms with E-state index in [2.05, 4.69) is 22.8 Å². The highest BCUT2D eigenvalue weighted by atomic mass is 16.5. The van der Waals surface area contributed by atoms with E-state index >= 15 is 0 Å². The molecule has 2 amide bonds. The van der Waals surface area contributed by atoms with Gasteiger partial charge in [-0.3, -0.25) is 4.79 Å². The number of fused-ring (bicyclic) bond motifs is 3. The number of carboxylic acid groups (broad SMARTS) is 1. The highest BCUT2D eigenvalue weighted by molar-refractivity contribution is 5.93. The minimum atomic E-state index is -1.30. The summed E-state index contributed by atoms with van der Waals surface area (Å²) in [5.41, 5.74) is 3.12. The summed E-state index contributed by atoms with van der Waals surface area (Å²) in [5.74, 6) is -1.80. The molecule has 0 radical (unpaired) electrons. The van der Waals surface area contributed by atoms with Crippen LogP contribution in [0, 0.1) is 0 Å². The maximum atomic E-state index is 13.2. The van der Waals surface area contributed by atoms with E-state index in [1.54, 1.807) is 19.0 Å². The van der Waals surface area contributed by atoms with E-state index < -0.39 is 29.6 Å². The minimum absolute atomic E-state index is 0.107. The molecule has 2 aromatic carbocycles. The third-order valence-corrected chi connectivity index (χ3v) is 6.62. The Morgan fingerprint density at radius 1 is 1.06 bits per heavy atom. The number of amides is 2. The van der Waals surface area contributed by atoms with Crippen molar-refractivity contribution in [3.63, 3.8) is 0 Å². The van der Waals surface area contributed by atoms with Gasteiger partial charge in [0.15, 0.2) is 0 Å². The van der Waals surface area contributed by atoms with E-state index in [-0.39, 0.29) is 45.1 Å². The number of nitrogens with one attached hydrogen (secondary N) is 2. The fourth-order valence-corrected chi connectivity index (χ4v) is 4.81. The molecule has 1 atom stereocenters. The number of carboxylic acids is 1. The zero-order chi connectivity index (χ0) is 25.0. The molecule has 0 unspecified atom stereocenters. The number of ether oxygens (including phenoxy) is 2. The van der Waals surface area contributed by atoms with Gasteiger partial charge in [0.1, 0.15) is 18.2 Å². The Morgan fingerprint density at radius 2 is 1.63 bits per heavy atom. The first-order chi connectivity index (χ1) is 16.8. The number of alkyl carbamates (subject to hydrolysis) is 1. The summed E-state index contributed by atoms with van der Waals surface area (Å²) in [6, 6.07) is 15.0. The van der Waals surface area contributed by atoms with Gasteiger partial charge in [-0.2, -0.15) is 0 Å². The molecule has 0 aromatic heterocycles. The molecule has 2 aliphatic rings. The molecule has 0 bridgehead atoms. The van der Waals surface area contributed by atoms with Crippen molar-refractivity contribution >= 4 is 18.0 Å². The van der Waals surface area contributed by atoms with Gasteiger partial charge in [-0.25, -0.2) is 9.59 Å². The normalized spacial score (nSPS) is 17.2. The number of hydrogen-bond donors (Lipinski definition) is 3. The number of benzene rings is 2. The summed E-state index contributed by atoms with van der Waals surface area (Å²) in [7, 11) is 3.45. The number of carbonyl (C=O) groups excluding carboxylic acids is 2. The lowest BCUT2D eigenvalue weighted by atomic mass is 9.88. The van der Waals surface area contributed by atoms with Crippen LogP contribution in [0.5, 0.6) is 0 Å². The van der Waals surface area contributed by atoms with E-state index in [0.717, 1.165) is 22.3 Å². The predicted octanol–water partition coefficient (Wildman–Crippen LogP) is 2.21. The van der Waals surface area contributed by atoms with E-state index in [1.807, 2.05) is 36.4 Å². The van der Waals surface area contributed by atoms with Crippen LogP contribution in [-0.2, 0) is 19.1 Å². The Hall–Kier alpha value is -3.43. The molecule has 2 aromatic rings. The highest BCUT2D eigenvalue weighted by Crippen LogP contribution is 2.44. The van der Waals surface area contributed by atoms with Crippen LogP contribution < -0.4 is 10.6 Å². The van der Waals surface area contributed by atoms with E-state index in [4.69, 9.17) is 9.47 Å². The maximum absolute atomic E-state index is 13.2. The average Bonchev–Trinajstić information content (AvgIpc) is 3.16. The quantitative estimate of drug-likeness (QED) is 0.529. The number of hydrogen-bond acceptors (Lipinski definition) is 6. The lowest BCUT2D eigenvalue weighted by molar-refractivity contribution is -0.144. The van der Waals surface area contributed by atoms with E-state index in [1.165, 1.54) is 0 Å². The zero-order valence-corrected chi connectivity index (χ0v) is 20.0. The van der Waals surface area contributed by atoms with Gasteiger partial charge in [0, 0.05) is 38.5 Å². The molecule has 1 aliphatic carbocycles. The van der Waals surface area contributed by atoms with Crippen LogP contribution in [0.1, 0.15) is 29.9 Å². The standard InChI is InChI=1S/C26H31N3O6/c1-29(2)15-22(23(30)31)27-24(32)26(11-13-34-14-12-26)28-25(33)35-16-21-19-9-5-3-7-17(19)18-8-4-6-10-20(18)21/h3-10,21-22H,11-16H2,1-2H3,(H,27,32)(H,28,33)(H,30,31)/t22-/m0/s1. The van der Waals surface area contributed by atoms with Crippen molar-refractivity contribution in [1.82, 2.24) is 15.5 Å². The second-order valence-electron chi connectivity index (χ2n) is 9.27. The van der Waals surface area contributed by atoms with Crippen molar-refractivity contribution < 1.29 is 29.0 Å². The molecule has 1 saturated heterocycles. The molecular formula is C26H31N3O6.